The fourth-order valence-corrected chi connectivity index (χ4v) is 2.44. The molecule has 2 rings (SSSR count). The maximum Gasteiger partial charge on any atom is 0.223 e. The van der Waals surface area contributed by atoms with Gasteiger partial charge >= 0.3 is 0 Å². The molecule has 4 nitrogen and oxygen atoms in total. The van der Waals surface area contributed by atoms with Crippen LogP contribution in [0.4, 0.5) is 0 Å². The molecule has 0 spiro atoms. The zero-order chi connectivity index (χ0) is 13.0. The number of amides is 1. The molecule has 0 bridgehead atoms. The highest BCUT2D eigenvalue weighted by Gasteiger charge is 2.22. The first-order valence-corrected chi connectivity index (χ1v) is 6.69. The number of aliphatic hydroxyl groups is 1. The van der Waals surface area contributed by atoms with E-state index < -0.39 is 6.10 Å². The Morgan fingerprint density at radius 1 is 1.44 bits per heavy atom. The maximum absolute atomic E-state index is 11.9. The normalized spacial score (nSPS) is 18.6. The lowest BCUT2D eigenvalue weighted by Gasteiger charge is -2.21. The van der Waals surface area contributed by atoms with E-state index in [2.05, 4.69) is 5.32 Å². The summed E-state index contributed by atoms with van der Waals surface area (Å²) in [5.41, 5.74) is 0. The van der Waals surface area contributed by atoms with Crippen LogP contribution in [-0.4, -0.2) is 17.6 Å². The summed E-state index contributed by atoms with van der Waals surface area (Å²) in [6.45, 7) is 2.05. The van der Waals surface area contributed by atoms with E-state index in [1.54, 1.807) is 6.07 Å². The Morgan fingerprint density at radius 2 is 2.17 bits per heavy atom. The highest BCUT2D eigenvalue weighted by molar-refractivity contribution is 5.78. The third-order valence-corrected chi connectivity index (χ3v) is 3.54. The van der Waals surface area contributed by atoms with Crippen molar-refractivity contribution >= 4 is 5.91 Å². The molecule has 1 saturated carbocycles. The van der Waals surface area contributed by atoms with E-state index in [-0.39, 0.29) is 18.4 Å². The zero-order valence-electron chi connectivity index (χ0n) is 10.8. The first kappa shape index (κ1) is 13.1. The molecule has 100 valence electrons. The van der Waals surface area contributed by atoms with Crippen LogP contribution in [0.3, 0.4) is 0 Å². The van der Waals surface area contributed by atoms with Crippen LogP contribution in [0.15, 0.2) is 16.5 Å². The van der Waals surface area contributed by atoms with Gasteiger partial charge in [0.15, 0.2) is 0 Å². The van der Waals surface area contributed by atoms with E-state index in [1.165, 1.54) is 6.42 Å². The van der Waals surface area contributed by atoms with Crippen LogP contribution >= 0.6 is 0 Å². The molecule has 0 saturated heterocycles. The van der Waals surface area contributed by atoms with Crippen molar-refractivity contribution in [3.63, 3.8) is 0 Å². The summed E-state index contributed by atoms with van der Waals surface area (Å²) in [4.78, 5) is 11.9. The Morgan fingerprint density at radius 3 is 2.78 bits per heavy atom. The molecule has 0 aliphatic heterocycles. The van der Waals surface area contributed by atoms with Crippen LogP contribution in [0.5, 0.6) is 0 Å². The van der Waals surface area contributed by atoms with Crippen molar-refractivity contribution in [1.29, 1.82) is 0 Å². The van der Waals surface area contributed by atoms with Gasteiger partial charge in [0.2, 0.25) is 5.91 Å². The highest BCUT2D eigenvalue weighted by atomic mass is 16.4. The second-order valence-corrected chi connectivity index (χ2v) is 5.04. The summed E-state index contributed by atoms with van der Waals surface area (Å²) in [6, 6.07) is 3.55. The molecule has 1 amide bonds. The van der Waals surface area contributed by atoms with Gasteiger partial charge in [-0.3, -0.25) is 4.79 Å². The molecule has 1 aliphatic carbocycles. The minimum atomic E-state index is -0.758. The quantitative estimate of drug-likeness (QED) is 0.863. The number of aryl methyl sites for hydroxylation is 1. The number of hydrogen-bond donors (Lipinski definition) is 2. The van der Waals surface area contributed by atoms with Gasteiger partial charge in [-0.1, -0.05) is 19.3 Å². The lowest BCUT2D eigenvalue weighted by molar-refractivity contribution is -0.126. The number of carbonyl (C=O) groups is 1. The Kier molecular flexibility index (Phi) is 4.42. The average Bonchev–Trinajstić information content (AvgIpc) is 2.83. The molecule has 1 fully saturated rings. The van der Waals surface area contributed by atoms with E-state index in [9.17, 15) is 9.90 Å². The van der Waals surface area contributed by atoms with Gasteiger partial charge in [-0.15, -0.1) is 0 Å². The number of rotatable bonds is 4. The number of aliphatic hydroxyl groups excluding tert-OH is 1. The van der Waals surface area contributed by atoms with Gasteiger partial charge in [-0.05, 0) is 31.9 Å². The first-order valence-electron chi connectivity index (χ1n) is 6.69. The maximum atomic E-state index is 11.9. The topological polar surface area (TPSA) is 62.5 Å². The summed E-state index contributed by atoms with van der Waals surface area (Å²) in [5, 5.41) is 12.7. The molecule has 4 heteroatoms. The predicted octanol–water partition coefficient (Wildman–Crippen LogP) is 2.32. The number of hydrogen-bond acceptors (Lipinski definition) is 3. The Hall–Kier alpha value is -1.29. The molecule has 18 heavy (non-hydrogen) atoms. The minimum Gasteiger partial charge on any atom is -0.464 e. The minimum absolute atomic E-state index is 0.0667. The molecule has 1 atom stereocenters. The standard InChI is InChI=1S/C14H21NO3/c1-10-7-8-13(18-10)12(16)9-15-14(17)11-5-3-2-4-6-11/h7-8,11-12,16H,2-6,9H2,1H3,(H,15,17). The predicted molar refractivity (Wildman–Crippen MR) is 68.0 cm³/mol. The average molecular weight is 251 g/mol. The smallest absolute Gasteiger partial charge is 0.223 e. The second-order valence-electron chi connectivity index (χ2n) is 5.04. The van der Waals surface area contributed by atoms with E-state index in [4.69, 9.17) is 4.42 Å². The van der Waals surface area contributed by atoms with Crippen LogP contribution in [-0.2, 0) is 4.79 Å². The zero-order valence-corrected chi connectivity index (χ0v) is 10.8. The van der Waals surface area contributed by atoms with Crippen LogP contribution in [0.2, 0.25) is 0 Å². The lowest BCUT2D eigenvalue weighted by Crippen LogP contribution is -2.34. The number of nitrogens with one attached hydrogen (secondary N) is 1. The van der Waals surface area contributed by atoms with Crippen molar-refractivity contribution in [1.82, 2.24) is 5.32 Å². The van der Waals surface area contributed by atoms with Gasteiger partial charge in [-0.2, -0.15) is 0 Å². The fourth-order valence-electron chi connectivity index (χ4n) is 2.44. The van der Waals surface area contributed by atoms with E-state index in [0.717, 1.165) is 31.4 Å². The summed E-state index contributed by atoms with van der Waals surface area (Å²) in [5.74, 6) is 1.47. The van der Waals surface area contributed by atoms with E-state index >= 15 is 0 Å². The second kappa shape index (κ2) is 6.05. The van der Waals surface area contributed by atoms with Crippen molar-refractivity contribution < 1.29 is 14.3 Å². The molecule has 1 unspecified atom stereocenters. The largest absolute Gasteiger partial charge is 0.464 e. The molecular weight excluding hydrogens is 230 g/mol. The van der Waals surface area contributed by atoms with Gasteiger partial charge in [0, 0.05) is 5.92 Å². The molecule has 2 N–H and O–H groups in total. The van der Waals surface area contributed by atoms with Crippen molar-refractivity contribution in [2.45, 2.75) is 45.1 Å². The first-order chi connectivity index (χ1) is 8.66. The van der Waals surface area contributed by atoms with Gasteiger partial charge in [-0.25, -0.2) is 0 Å². The highest BCUT2D eigenvalue weighted by Crippen LogP contribution is 2.24. The third kappa shape index (κ3) is 3.35. The van der Waals surface area contributed by atoms with Gasteiger partial charge in [0.25, 0.3) is 0 Å². The molecule has 1 heterocycles. The fraction of sp³-hybridized carbons (Fsp3) is 0.643. The van der Waals surface area contributed by atoms with E-state index in [1.807, 2.05) is 13.0 Å². The van der Waals surface area contributed by atoms with Gasteiger partial charge in [0.1, 0.15) is 17.6 Å². The van der Waals surface area contributed by atoms with Crippen molar-refractivity contribution in [2.75, 3.05) is 6.54 Å². The summed E-state index contributed by atoms with van der Waals surface area (Å²) < 4.78 is 5.32. The number of furan rings is 1. The number of carbonyl (C=O) groups excluding carboxylic acids is 1. The van der Waals surface area contributed by atoms with Gasteiger partial charge in [0.05, 0.1) is 6.54 Å². The molecule has 0 aromatic carbocycles. The molecule has 0 radical (unpaired) electrons. The van der Waals surface area contributed by atoms with Crippen molar-refractivity contribution in [2.24, 2.45) is 5.92 Å². The summed E-state index contributed by atoms with van der Waals surface area (Å²) >= 11 is 0. The lowest BCUT2D eigenvalue weighted by atomic mass is 9.88. The monoisotopic (exact) mass is 251 g/mol. The van der Waals surface area contributed by atoms with Crippen molar-refractivity contribution in [3.8, 4) is 0 Å². The Labute approximate surface area is 107 Å². The molecule has 1 aromatic heterocycles. The van der Waals surface area contributed by atoms with Crippen LogP contribution in [0.25, 0.3) is 0 Å². The van der Waals surface area contributed by atoms with Gasteiger partial charge < -0.3 is 14.8 Å². The molecule has 1 aromatic rings. The third-order valence-electron chi connectivity index (χ3n) is 3.54. The van der Waals surface area contributed by atoms with Crippen LogP contribution in [0.1, 0.15) is 49.7 Å². The SMILES string of the molecule is Cc1ccc(C(O)CNC(=O)C2CCCCC2)o1. The van der Waals surface area contributed by atoms with Crippen LogP contribution < -0.4 is 5.32 Å². The summed E-state index contributed by atoms with van der Waals surface area (Å²) in [7, 11) is 0. The summed E-state index contributed by atoms with van der Waals surface area (Å²) in [6.07, 6.45) is 4.70. The Bertz CT molecular complexity index is 393. The molecular formula is C14H21NO3. The van der Waals surface area contributed by atoms with E-state index in [0.29, 0.717) is 5.76 Å². The Balaban J connectivity index is 1.78. The molecule has 1 aliphatic rings. The van der Waals surface area contributed by atoms with Crippen molar-refractivity contribution in [3.05, 3.63) is 23.7 Å². The van der Waals surface area contributed by atoms with Crippen LogP contribution in [0, 0.1) is 12.8 Å².